The molecule has 1 aliphatic rings. The maximum absolute atomic E-state index is 12.7. The second-order valence-corrected chi connectivity index (χ2v) is 6.36. The minimum absolute atomic E-state index is 0.0720. The summed E-state index contributed by atoms with van der Waals surface area (Å²) < 4.78 is 13.4. The second kappa shape index (κ2) is 4.63. The van der Waals surface area contributed by atoms with E-state index >= 15 is 0 Å². The first-order valence-corrected chi connectivity index (χ1v) is 7.73. The van der Waals surface area contributed by atoms with E-state index in [-0.39, 0.29) is 5.43 Å². The van der Waals surface area contributed by atoms with Crippen molar-refractivity contribution < 1.29 is 9.47 Å². The second-order valence-electron chi connectivity index (χ2n) is 5.28. The summed E-state index contributed by atoms with van der Waals surface area (Å²) in [4.78, 5) is 12.7. The Bertz CT molecular complexity index is 891. The third-order valence-electron chi connectivity index (χ3n) is 3.94. The van der Waals surface area contributed by atoms with Crippen LogP contribution in [0, 0.1) is 0 Å². The van der Waals surface area contributed by atoms with E-state index < -0.39 is 5.79 Å². The highest BCUT2D eigenvalue weighted by Crippen LogP contribution is 2.33. The van der Waals surface area contributed by atoms with Crippen LogP contribution in [0.5, 0.6) is 0 Å². The smallest absolute Gasteiger partial charge is 0.195 e. The molecule has 2 aromatic carbocycles. The molecule has 0 radical (unpaired) electrons. The first kappa shape index (κ1) is 13.0. The predicted molar refractivity (Wildman–Crippen MR) is 84.9 cm³/mol. The van der Waals surface area contributed by atoms with Gasteiger partial charge in [-0.3, -0.25) is 4.79 Å². The average molecular weight is 298 g/mol. The molecule has 2 heterocycles. The van der Waals surface area contributed by atoms with Crippen molar-refractivity contribution in [2.45, 2.75) is 12.7 Å². The van der Waals surface area contributed by atoms with Crippen molar-refractivity contribution in [2.75, 3.05) is 13.2 Å². The van der Waals surface area contributed by atoms with Crippen molar-refractivity contribution in [2.24, 2.45) is 0 Å². The Morgan fingerprint density at radius 3 is 2.52 bits per heavy atom. The molecule has 4 heteroatoms. The van der Waals surface area contributed by atoms with E-state index in [1.165, 1.54) is 0 Å². The van der Waals surface area contributed by atoms with E-state index in [1.807, 2.05) is 49.4 Å². The number of hydrogen-bond acceptors (Lipinski definition) is 4. The van der Waals surface area contributed by atoms with Crippen LogP contribution >= 0.6 is 11.3 Å². The largest absolute Gasteiger partial charge is 0.344 e. The minimum Gasteiger partial charge on any atom is -0.344 e. The lowest BCUT2D eigenvalue weighted by atomic mass is 10.0. The summed E-state index contributed by atoms with van der Waals surface area (Å²) in [5.74, 6) is -0.739. The van der Waals surface area contributed by atoms with Gasteiger partial charge in [0.25, 0.3) is 0 Å². The monoisotopic (exact) mass is 298 g/mol. The highest BCUT2D eigenvalue weighted by atomic mass is 32.1. The standard InChI is InChI=1S/C17H14O3S/c1-17(19-8-9-20-17)11-6-7-15-13(10-11)16(18)12-4-2-3-5-14(12)21-15/h2-7,10H,8-9H2,1H3. The minimum atomic E-state index is -0.739. The summed E-state index contributed by atoms with van der Waals surface area (Å²) in [5, 5.41) is 1.50. The van der Waals surface area contributed by atoms with Gasteiger partial charge in [0.1, 0.15) is 0 Å². The Morgan fingerprint density at radius 2 is 1.71 bits per heavy atom. The quantitative estimate of drug-likeness (QED) is 0.644. The van der Waals surface area contributed by atoms with Crippen LogP contribution in [0.4, 0.5) is 0 Å². The van der Waals surface area contributed by atoms with Crippen LogP contribution in [-0.4, -0.2) is 13.2 Å². The third-order valence-corrected chi connectivity index (χ3v) is 5.09. The van der Waals surface area contributed by atoms with Gasteiger partial charge in [-0.15, -0.1) is 11.3 Å². The van der Waals surface area contributed by atoms with Gasteiger partial charge in [0.15, 0.2) is 11.2 Å². The molecule has 1 aliphatic heterocycles. The molecule has 1 aromatic heterocycles. The molecule has 1 fully saturated rings. The van der Waals surface area contributed by atoms with Crippen LogP contribution in [0.1, 0.15) is 12.5 Å². The van der Waals surface area contributed by atoms with Crippen molar-refractivity contribution >= 4 is 31.5 Å². The highest BCUT2D eigenvalue weighted by molar-refractivity contribution is 7.24. The van der Waals surface area contributed by atoms with E-state index in [0.29, 0.717) is 13.2 Å². The van der Waals surface area contributed by atoms with Gasteiger partial charge in [-0.2, -0.15) is 0 Å². The van der Waals surface area contributed by atoms with Crippen LogP contribution in [0.2, 0.25) is 0 Å². The molecule has 3 aromatic rings. The molecule has 0 spiro atoms. The normalized spacial score (nSPS) is 17.6. The maximum atomic E-state index is 12.7. The van der Waals surface area contributed by atoms with E-state index in [4.69, 9.17) is 9.47 Å². The molecule has 21 heavy (non-hydrogen) atoms. The molecule has 0 amide bonds. The molecular formula is C17H14O3S. The lowest BCUT2D eigenvalue weighted by Gasteiger charge is -2.22. The Balaban J connectivity index is 2.01. The number of hydrogen-bond donors (Lipinski definition) is 0. The van der Waals surface area contributed by atoms with E-state index in [2.05, 4.69) is 0 Å². The average Bonchev–Trinajstić information content (AvgIpc) is 2.95. The van der Waals surface area contributed by atoms with Gasteiger partial charge in [-0.05, 0) is 31.2 Å². The molecule has 106 valence electrons. The number of benzene rings is 2. The van der Waals surface area contributed by atoms with Gasteiger partial charge in [0.2, 0.25) is 0 Å². The first-order valence-electron chi connectivity index (χ1n) is 6.91. The fraction of sp³-hybridized carbons (Fsp3) is 0.235. The summed E-state index contributed by atoms with van der Waals surface area (Å²) in [5.41, 5.74) is 0.967. The fourth-order valence-electron chi connectivity index (χ4n) is 2.77. The number of fused-ring (bicyclic) bond motifs is 2. The predicted octanol–water partition coefficient (Wildman–Crippen LogP) is 3.63. The van der Waals surface area contributed by atoms with Gasteiger partial charge in [0, 0.05) is 25.7 Å². The zero-order valence-electron chi connectivity index (χ0n) is 11.6. The zero-order valence-corrected chi connectivity index (χ0v) is 12.4. The summed E-state index contributed by atoms with van der Waals surface area (Å²) in [6, 6.07) is 13.6. The van der Waals surface area contributed by atoms with Crippen LogP contribution < -0.4 is 5.43 Å². The van der Waals surface area contributed by atoms with Crippen LogP contribution in [0.3, 0.4) is 0 Å². The number of rotatable bonds is 1. The van der Waals surface area contributed by atoms with Crippen molar-refractivity contribution in [1.82, 2.24) is 0 Å². The van der Waals surface area contributed by atoms with Gasteiger partial charge in [-0.25, -0.2) is 0 Å². The van der Waals surface area contributed by atoms with Gasteiger partial charge in [-0.1, -0.05) is 18.2 Å². The summed E-state index contributed by atoms with van der Waals surface area (Å²) >= 11 is 1.63. The van der Waals surface area contributed by atoms with E-state index in [1.54, 1.807) is 11.3 Å². The SMILES string of the molecule is CC1(c2ccc3sc4ccccc4c(=O)c3c2)OCCO1. The molecule has 4 rings (SSSR count). The molecule has 0 atom stereocenters. The van der Waals surface area contributed by atoms with Crippen molar-refractivity contribution in [3.8, 4) is 0 Å². The third kappa shape index (κ3) is 1.99. The fourth-order valence-corrected chi connectivity index (χ4v) is 3.82. The van der Waals surface area contributed by atoms with E-state index in [0.717, 1.165) is 25.7 Å². The molecule has 0 N–H and O–H groups in total. The summed E-state index contributed by atoms with van der Waals surface area (Å²) in [6.45, 7) is 3.06. The topological polar surface area (TPSA) is 35.5 Å². The van der Waals surface area contributed by atoms with Crippen LogP contribution in [-0.2, 0) is 15.3 Å². The van der Waals surface area contributed by atoms with Gasteiger partial charge < -0.3 is 9.47 Å². The van der Waals surface area contributed by atoms with Crippen molar-refractivity contribution in [3.63, 3.8) is 0 Å². The first-order chi connectivity index (χ1) is 10.2. The number of ether oxygens (including phenoxy) is 2. The van der Waals surface area contributed by atoms with Crippen molar-refractivity contribution in [1.29, 1.82) is 0 Å². The summed E-state index contributed by atoms with van der Waals surface area (Å²) in [6.07, 6.45) is 0. The van der Waals surface area contributed by atoms with Gasteiger partial charge >= 0.3 is 0 Å². The molecule has 0 aliphatic carbocycles. The summed E-state index contributed by atoms with van der Waals surface area (Å²) in [7, 11) is 0. The lowest BCUT2D eigenvalue weighted by Crippen LogP contribution is -2.22. The van der Waals surface area contributed by atoms with Crippen LogP contribution in [0.15, 0.2) is 47.3 Å². The highest BCUT2D eigenvalue weighted by Gasteiger charge is 2.33. The van der Waals surface area contributed by atoms with Crippen LogP contribution in [0.25, 0.3) is 20.2 Å². The molecule has 0 bridgehead atoms. The van der Waals surface area contributed by atoms with Gasteiger partial charge in [0.05, 0.1) is 13.2 Å². The Labute approximate surface area is 125 Å². The molecule has 1 saturated heterocycles. The zero-order chi connectivity index (χ0) is 14.4. The maximum Gasteiger partial charge on any atom is 0.195 e. The Morgan fingerprint density at radius 1 is 1.00 bits per heavy atom. The molecule has 3 nitrogen and oxygen atoms in total. The molecule has 0 saturated carbocycles. The Hall–Kier alpha value is -1.75. The lowest BCUT2D eigenvalue weighted by molar-refractivity contribution is -0.149. The Kier molecular flexibility index (Phi) is 2.85. The van der Waals surface area contributed by atoms with Crippen molar-refractivity contribution in [3.05, 3.63) is 58.3 Å². The molecule has 0 unspecified atom stereocenters. The van der Waals surface area contributed by atoms with E-state index in [9.17, 15) is 4.79 Å². The molecular weight excluding hydrogens is 284 g/mol.